The number of phenolic OH excluding ortho intramolecular Hbond substituents is 1. The van der Waals surface area contributed by atoms with E-state index in [1.54, 1.807) is 19.2 Å². The lowest BCUT2D eigenvalue weighted by Crippen LogP contribution is -1.94. The molecule has 0 bridgehead atoms. The third kappa shape index (κ3) is 1.08. The van der Waals surface area contributed by atoms with Crippen LogP contribution in [0.1, 0.15) is 23.7 Å². The molecule has 0 aliphatic heterocycles. The van der Waals surface area contributed by atoms with Crippen LogP contribution in [0.3, 0.4) is 0 Å². The van der Waals surface area contributed by atoms with Crippen molar-refractivity contribution in [2.75, 3.05) is 7.11 Å². The number of rotatable bonds is 1. The minimum absolute atomic E-state index is 0.187. The maximum Gasteiger partial charge on any atom is 0.115 e. The Morgan fingerprint density at radius 2 is 2.33 bits per heavy atom. The van der Waals surface area contributed by atoms with Crippen molar-refractivity contribution < 1.29 is 9.84 Å². The SMILES string of the molecule is COC1CCc2ccc(O)cc21. The molecular formula is C10H12O2. The minimum Gasteiger partial charge on any atom is -0.508 e. The summed E-state index contributed by atoms with van der Waals surface area (Å²) in [6, 6.07) is 5.51. The molecule has 0 aromatic heterocycles. The first-order valence-electron chi connectivity index (χ1n) is 4.16. The molecule has 0 spiro atoms. The van der Waals surface area contributed by atoms with E-state index in [1.807, 2.05) is 6.07 Å². The highest BCUT2D eigenvalue weighted by atomic mass is 16.5. The number of methoxy groups -OCH3 is 1. The van der Waals surface area contributed by atoms with E-state index in [0.29, 0.717) is 5.75 Å². The smallest absolute Gasteiger partial charge is 0.115 e. The van der Waals surface area contributed by atoms with Crippen molar-refractivity contribution in [2.24, 2.45) is 0 Å². The van der Waals surface area contributed by atoms with E-state index in [9.17, 15) is 5.11 Å². The quantitative estimate of drug-likeness (QED) is 0.688. The topological polar surface area (TPSA) is 29.5 Å². The van der Waals surface area contributed by atoms with E-state index in [0.717, 1.165) is 18.4 Å². The zero-order chi connectivity index (χ0) is 8.55. The fourth-order valence-corrected chi connectivity index (χ4v) is 1.80. The van der Waals surface area contributed by atoms with Crippen LogP contribution in [0.25, 0.3) is 0 Å². The number of aryl methyl sites for hydroxylation is 1. The molecule has 1 atom stereocenters. The van der Waals surface area contributed by atoms with Crippen LogP contribution in [-0.2, 0) is 11.2 Å². The summed E-state index contributed by atoms with van der Waals surface area (Å²) in [5, 5.41) is 9.25. The summed E-state index contributed by atoms with van der Waals surface area (Å²) in [4.78, 5) is 0. The van der Waals surface area contributed by atoms with Crippen LogP contribution in [0, 0.1) is 0 Å². The van der Waals surface area contributed by atoms with Gasteiger partial charge in [0.1, 0.15) is 5.75 Å². The summed E-state index contributed by atoms with van der Waals surface area (Å²) in [7, 11) is 1.71. The van der Waals surface area contributed by atoms with Gasteiger partial charge in [0, 0.05) is 7.11 Å². The predicted octanol–water partition coefficient (Wildman–Crippen LogP) is 2.03. The van der Waals surface area contributed by atoms with E-state index in [2.05, 4.69) is 0 Å². The predicted molar refractivity (Wildman–Crippen MR) is 46.2 cm³/mol. The zero-order valence-corrected chi connectivity index (χ0v) is 7.08. The van der Waals surface area contributed by atoms with Gasteiger partial charge in [0.05, 0.1) is 6.10 Å². The number of phenols is 1. The van der Waals surface area contributed by atoms with E-state index in [1.165, 1.54) is 5.56 Å². The Morgan fingerprint density at radius 1 is 1.50 bits per heavy atom. The first kappa shape index (κ1) is 7.62. The summed E-state index contributed by atoms with van der Waals surface area (Å²) >= 11 is 0. The average Bonchev–Trinajstić information content (AvgIpc) is 2.46. The molecule has 2 heteroatoms. The molecule has 2 rings (SSSR count). The Kier molecular flexibility index (Phi) is 1.77. The third-order valence-corrected chi connectivity index (χ3v) is 2.44. The Hall–Kier alpha value is -1.02. The van der Waals surface area contributed by atoms with Crippen molar-refractivity contribution in [3.05, 3.63) is 29.3 Å². The summed E-state index contributed by atoms with van der Waals surface area (Å²) in [5.41, 5.74) is 2.46. The number of aromatic hydroxyl groups is 1. The van der Waals surface area contributed by atoms with Gasteiger partial charge in [-0.15, -0.1) is 0 Å². The molecule has 0 fully saturated rings. The van der Waals surface area contributed by atoms with Gasteiger partial charge in [-0.2, -0.15) is 0 Å². The minimum atomic E-state index is 0.187. The van der Waals surface area contributed by atoms with E-state index < -0.39 is 0 Å². The lowest BCUT2D eigenvalue weighted by atomic mass is 10.1. The number of benzene rings is 1. The molecule has 1 aromatic rings. The highest BCUT2D eigenvalue weighted by Gasteiger charge is 2.21. The van der Waals surface area contributed by atoms with Gasteiger partial charge in [0.25, 0.3) is 0 Å². The summed E-state index contributed by atoms with van der Waals surface area (Å²) in [5.74, 6) is 0.331. The van der Waals surface area contributed by atoms with Gasteiger partial charge in [-0.3, -0.25) is 0 Å². The van der Waals surface area contributed by atoms with Crippen molar-refractivity contribution in [2.45, 2.75) is 18.9 Å². The number of fused-ring (bicyclic) bond motifs is 1. The second-order valence-corrected chi connectivity index (χ2v) is 3.15. The van der Waals surface area contributed by atoms with E-state index in [4.69, 9.17) is 4.74 Å². The van der Waals surface area contributed by atoms with Crippen LogP contribution >= 0.6 is 0 Å². The largest absolute Gasteiger partial charge is 0.508 e. The van der Waals surface area contributed by atoms with Gasteiger partial charge < -0.3 is 9.84 Å². The number of ether oxygens (including phenoxy) is 1. The van der Waals surface area contributed by atoms with Gasteiger partial charge >= 0.3 is 0 Å². The molecule has 2 nitrogen and oxygen atoms in total. The molecular weight excluding hydrogens is 152 g/mol. The standard InChI is InChI=1S/C10H12O2/c1-12-10-5-3-7-2-4-8(11)6-9(7)10/h2,4,6,10-11H,3,5H2,1H3. The van der Waals surface area contributed by atoms with Gasteiger partial charge in [-0.1, -0.05) is 6.07 Å². The van der Waals surface area contributed by atoms with Gasteiger partial charge in [0.2, 0.25) is 0 Å². The van der Waals surface area contributed by atoms with Crippen molar-refractivity contribution >= 4 is 0 Å². The Morgan fingerprint density at radius 3 is 3.08 bits per heavy atom. The Bertz CT molecular complexity index is 294. The first-order valence-corrected chi connectivity index (χ1v) is 4.16. The molecule has 0 saturated carbocycles. The zero-order valence-electron chi connectivity index (χ0n) is 7.08. The van der Waals surface area contributed by atoms with Crippen molar-refractivity contribution in [3.63, 3.8) is 0 Å². The van der Waals surface area contributed by atoms with Crippen molar-refractivity contribution in [3.8, 4) is 5.75 Å². The van der Waals surface area contributed by atoms with Crippen LogP contribution in [-0.4, -0.2) is 12.2 Å². The van der Waals surface area contributed by atoms with Gasteiger partial charge in [-0.25, -0.2) is 0 Å². The molecule has 1 N–H and O–H groups in total. The molecule has 1 unspecified atom stereocenters. The van der Waals surface area contributed by atoms with E-state index >= 15 is 0 Å². The summed E-state index contributed by atoms with van der Waals surface area (Å²) in [6.07, 6.45) is 2.29. The van der Waals surface area contributed by atoms with Gasteiger partial charge in [-0.05, 0) is 36.1 Å². The third-order valence-electron chi connectivity index (χ3n) is 2.44. The highest BCUT2D eigenvalue weighted by Crippen LogP contribution is 2.35. The van der Waals surface area contributed by atoms with Crippen LogP contribution in [0.15, 0.2) is 18.2 Å². The Balaban J connectivity index is 2.42. The summed E-state index contributed by atoms with van der Waals surface area (Å²) < 4.78 is 5.28. The number of hydrogen-bond donors (Lipinski definition) is 1. The van der Waals surface area contributed by atoms with E-state index in [-0.39, 0.29) is 6.10 Å². The van der Waals surface area contributed by atoms with Crippen LogP contribution < -0.4 is 0 Å². The van der Waals surface area contributed by atoms with Gasteiger partial charge in [0.15, 0.2) is 0 Å². The van der Waals surface area contributed by atoms with Crippen molar-refractivity contribution in [1.82, 2.24) is 0 Å². The monoisotopic (exact) mass is 164 g/mol. The Labute approximate surface area is 71.8 Å². The molecule has 1 aliphatic rings. The molecule has 0 heterocycles. The van der Waals surface area contributed by atoms with Crippen LogP contribution in [0.5, 0.6) is 5.75 Å². The molecule has 1 aliphatic carbocycles. The maximum atomic E-state index is 9.25. The maximum absolute atomic E-state index is 9.25. The second-order valence-electron chi connectivity index (χ2n) is 3.15. The summed E-state index contributed by atoms with van der Waals surface area (Å²) in [6.45, 7) is 0. The van der Waals surface area contributed by atoms with Crippen LogP contribution in [0.4, 0.5) is 0 Å². The molecule has 1 aromatic carbocycles. The molecule has 0 saturated heterocycles. The van der Waals surface area contributed by atoms with Crippen LogP contribution in [0.2, 0.25) is 0 Å². The second kappa shape index (κ2) is 2.79. The molecule has 12 heavy (non-hydrogen) atoms. The first-order chi connectivity index (χ1) is 5.81. The lowest BCUT2D eigenvalue weighted by Gasteiger charge is -2.08. The lowest BCUT2D eigenvalue weighted by molar-refractivity contribution is 0.105. The van der Waals surface area contributed by atoms with Crippen molar-refractivity contribution in [1.29, 1.82) is 0 Å². The highest BCUT2D eigenvalue weighted by molar-refractivity contribution is 5.39. The normalized spacial score (nSPS) is 20.9. The molecule has 64 valence electrons. The average molecular weight is 164 g/mol. The fourth-order valence-electron chi connectivity index (χ4n) is 1.80. The number of hydrogen-bond acceptors (Lipinski definition) is 2. The molecule has 0 amide bonds. The fraction of sp³-hybridized carbons (Fsp3) is 0.400. The molecule has 0 radical (unpaired) electrons.